The van der Waals surface area contributed by atoms with Crippen molar-refractivity contribution < 1.29 is 29.3 Å². The van der Waals surface area contributed by atoms with Crippen LogP contribution in [0.2, 0.25) is 0 Å². The number of rotatable bonds is 3. The number of fused-ring (bicyclic) bond motifs is 3. The molecule has 1 saturated heterocycles. The zero-order valence-electron chi connectivity index (χ0n) is 18.6. The predicted octanol–water partition coefficient (Wildman–Crippen LogP) is 3.12. The Kier molecular flexibility index (Phi) is 4.19. The summed E-state index contributed by atoms with van der Waals surface area (Å²) in [6.45, 7) is 11.5. The largest absolute Gasteiger partial charge is 0.459 e. The van der Waals surface area contributed by atoms with Gasteiger partial charge in [-0.15, -0.1) is 0 Å². The van der Waals surface area contributed by atoms with Gasteiger partial charge in [-0.05, 0) is 57.8 Å². The van der Waals surface area contributed by atoms with E-state index in [2.05, 4.69) is 0 Å². The Labute approximate surface area is 173 Å². The first kappa shape index (κ1) is 21.1. The molecule has 0 spiro atoms. The normalized spacial score (nSPS) is 50.5. The molecule has 4 fully saturated rings. The molecule has 0 radical (unpaired) electrons. The standard InChI is InChI=1S/C23H36O6/c1-14(2)21(26)12-10-19(5)15(8-7-9-23(19,21)27)28-17(25)22-13-11-20(6,16(24)29-22)18(22,3)4/h14-15,26-27H,7-13H2,1-6H3/t15-,19-,20-,21-,22+,23-/m0/s1. The third kappa shape index (κ3) is 2.10. The molecule has 3 aliphatic carbocycles. The lowest BCUT2D eigenvalue weighted by Crippen LogP contribution is -2.65. The van der Waals surface area contributed by atoms with Gasteiger partial charge in [-0.2, -0.15) is 0 Å². The Morgan fingerprint density at radius 2 is 1.72 bits per heavy atom. The van der Waals surface area contributed by atoms with Crippen molar-refractivity contribution in [3.05, 3.63) is 0 Å². The van der Waals surface area contributed by atoms with E-state index in [0.29, 0.717) is 44.9 Å². The molecule has 164 valence electrons. The summed E-state index contributed by atoms with van der Waals surface area (Å²) in [5.74, 6) is -0.924. The van der Waals surface area contributed by atoms with Crippen molar-refractivity contribution in [2.24, 2.45) is 22.2 Å². The van der Waals surface area contributed by atoms with Gasteiger partial charge in [0.1, 0.15) is 11.7 Å². The summed E-state index contributed by atoms with van der Waals surface area (Å²) in [4.78, 5) is 26.0. The second-order valence-electron chi connectivity index (χ2n) is 11.3. The highest BCUT2D eigenvalue weighted by molar-refractivity contribution is 5.93. The maximum atomic E-state index is 13.5. The molecule has 4 aliphatic rings. The van der Waals surface area contributed by atoms with Gasteiger partial charge in [0.25, 0.3) is 0 Å². The van der Waals surface area contributed by atoms with Crippen molar-refractivity contribution in [2.45, 2.75) is 109 Å². The van der Waals surface area contributed by atoms with Gasteiger partial charge >= 0.3 is 11.9 Å². The van der Waals surface area contributed by atoms with E-state index in [1.807, 2.05) is 41.5 Å². The van der Waals surface area contributed by atoms with E-state index in [9.17, 15) is 19.8 Å². The van der Waals surface area contributed by atoms with Gasteiger partial charge in [0.05, 0.1) is 11.0 Å². The van der Waals surface area contributed by atoms with Gasteiger partial charge < -0.3 is 19.7 Å². The van der Waals surface area contributed by atoms with Crippen molar-refractivity contribution in [3.8, 4) is 0 Å². The fourth-order valence-electron chi connectivity index (χ4n) is 7.03. The Bertz CT molecular complexity index is 760. The molecule has 29 heavy (non-hydrogen) atoms. The summed E-state index contributed by atoms with van der Waals surface area (Å²) in [5, 5.41) is 23.0. The maximum absolute atomic E-state index is 13.5. The van der Waals surface area contributed by atoms with Crippen molar-refractivity contribution in [1.29, 1.82) is 0 Å². The monoisotopic (exact) mass is 408 g/mol. The van der Waals surface area contributed by atoms with E-state index in [-0.39, 0.29) is 11.9 Å². The van der Waals surface area contributed by atoms with Crippen LogP contribution in [-0.2, 0) is 19.1 Å². The van der Waals surface area contributed by atoms with Gasteiger partial charge in [0.2, 0.25) is 5.60 Å². The average molecular weight is 409 g/mol. The molecule has 1 heterocycles. The molecular formula is C23H36O6. The number of ether oxygens (including phenoxy) is 2. The first-order valence-corrected chi connectivity index (χ1v) is 11.1. The third-order valence-corrected chi connectivity index (χ3v) is 10.0. The van der Waals surface area contributed by atoms with Crippen molar-refractivity contribution in [3.63, 3.8) is 0 Å². The number of hydrogen-bond donors (Lipinski definition) is 2. The van der Waals surface area contributed by atoms with Crippen molar-refractivity contribution in [2.75, 3.05) is 0 Å². The zero-order valence-corrected chi connectivity index (χ0v) is 18.6. The summed E-state index contributed by atoms with van der Waals surface area (Å²) < 4.78 is 11.8. The van der Waals surface area contributed by atoms with E-state index < -0.39 is 45.1 Å². The molecular weight excluding hydrogens is 372 g/mol. The lowest BCUT2D eigenvalue weighted by Gasteiger charge is -2.54. The number of esters is 2. The van der Waals surface area contributed by atoms with E-state index in [4.69, 9.17) is 9.47 Å². The molecule has 6 nitrogen and oxygen atoms in total. The SMILES string of the molecule is CC(C)[C@@]1(O)CC[C@@]2(C)[C@@H](OC(=O)[C@@]34CC[C@@](C)(C(=O)O3)C4(C)C)CCC[C@]21O. The molecule has 0 unspecified atom stereocenters. The van der Waals surface area contributed by atoms with Crippen LogP contribution in [-0.4, -0.2) is 45.1 Å². The molecule has 3 saturated carbocycles. The van der Waals surface area contributed by atoms with Gasteiger partial charge in [-0.1, -0.05) is 34.6 Å². The van der Waals surface area contributed by atoms with Crippen LogP contribution in [0.3, 0.4) is 0 Å². The predicted molar refractivity (Wildman–Crippen MR) is 106 cm³/mol. The second kappa shape index (κ2) is 5.76. The van der Waals surface area contributed by atoms with Crippen LogP contribution in [0.5, 0.6) is 0 Å². The average Bonchev–Trinajstić information content (AvgIpc) is 3.05. The minimum Gasteiger partial charge on any atom is -0.459 e. The quantitative estimate of drug-likeness (QED) is 0.697. The zero-order chi connectivity index (χ0) is 21.7. The van der Waals surface area contributed by atoms with Gasteiger partial charge in [0, 0.05) is 10.8 Å². The number of aliphatic hydroxyl groups is 2. The third-order valence-electron chi connectivity index (χ3n) is 10.0. The van der Waals surface area contributed by atoms with Gasteiger partial charge in [-0.3, -0.25) is 4.79 Å². The number of carbonyl (C=O) groups is 2. The van der Waals surface area contributed by atoms with Gasteiger partial charge in [0.15, 0.2) is 0 Å². The number of carbonyl (C=O) groups excluding carboxylic acids is 2. The Morgan fingerprint density at radius 3 is 2.24 bits per heavy atom. The summed E-state index contributed by atoms with van der Waals surface area (Å²) in [6.07, 6.45) is 3.43. The Hall–Kier alpha value is -1.14. The van der Waals surface area contributed by atoms with Crippen molar-refractivity contribution in [1.82, 2.24) is 0 Å². The molecule has 0 aromatic rings. The highest BCUT2D eigenvalue weighted by atomic mass is 16.6. The molecule has 6 atom stereocenters. The molecule has 0 aromatic carbocycles. The van der Waals surface area contributed by atoms with Crippen LogP contribution in [0.25, 0.3) is 0 Å². The van der Waals surface area contributed by atoms with Crippen LogP contribution in [0.4, 0.5) is 0 Å². The molecule has 0 aromatic heterocycles. The lowest BCUT2D eigenvalue weighted by molar-refractivity contribution is -0.244. The fourth-order valence-corrected chi connectivity index (χ4v) is 7.03. The van der Waals surface area contributed by atoms with Crippen LogP contribution in [0.15, 0.2) is 0 Å². The highest BCUT2D eigenvalue weighted by Crippen LogP contribution is 2.67. The summed E-state index contributed by atoms with van der Waals surface area (Å²) >= 11 is 0. The summed E-state index contributed by atoms with van der Waals surface area (Å²) in [6, 6.07) is 0. The van der Waals surface area contributed by atoms with Gasteiger partial charge in [-0.25, -0.2) is 4.79 Å². The number of hydrogen-bond acceptors (Lipinski definition) is 6. The van der Waals surface area contributed by atoms with Crippen LogP contribution < -0.4 is 0 Å². The van der Waals surface area contributed by atoms with Crippen LogP contribution in [0, 0.1) is 22.2 Å². The first-order chi connectivity index (χ1) is 13.2. The molecule has 6 heteroatoms. The smallest absolute Gasteiger partial charge is 0.351 e. The summed E-state index contributed by atoms with van der Waals surface area (Å²) in [5.41, 5.74) is -5.84. The molecule has 0 amide bonds. The molecule has 2 bridgehead atoms. The van der Waals surface area contributed by atoms with Crippen LogP contribution >= 0.6 is 0 Å². The second-order valence-corrected chi connectivity index (χ2v) is 11.3. The minimum absolute atomic E-state index is 0.104. The lowest BCUT2D eigenvalue weighted by atomic mass is 9.59. The Balaban J connectivity index is 1.64. The van der Waals surface area contributed by atoms with Crippen LogP contribution in [0.1, 0.15) is 86.5 Å². The summed E-state index contributed by atoms with van der Waals surface area (Å²) in [7, 11) is 0. The van der Waals surface area contributed by atoms with E-state index >= 15 is 0 Å². The Morgan fingerprint density at radius 1 is 1.07 bits per heavy atom. The fraction of sp³-hybridized carbons (Fsp3) is 0.913. The van der Waals surface area contributed by atoms with E-state index in [1.165, 1.54) is 0 Å². The molecule has 2 N–H and O–H groups in total. The first-order valence-electron chi connectivity index (χ1n) is 11.1. The topological polar surface area (TPSA) is 93.1 Å². The van der Waals surface area contributed by atoms with E-state index in [0.717, 1.165) is 0 Å². The maximum Gasteiger partial charge on any atom is 0.351 e. The highest BCUT2D eigenvalue weighted by Gasteiger charge is 2.77. The molecule has 4 rings (SSSR count). The minimum atomic E-state index is -1.30. The van der Waals surface area contributed by atoms with E-state index in [1.54, 1.807) is 0 Å². The van der Waals surface area contributed by atoms with Crippen molar-refractivity contribution >= 4 is 11.9 Å². The molecule has 1 aliphatic heterocycles.